The van der Waals surface area contributed by atoms with Crippen molar-refractivity contribution in [1.29, 1.82) is 0 Å². The molecule has 0 aromatic heterocycles. The molecule has 3 aromatic rings. The summed E-state index contributed by atoms with van der Waals surface area (Å²) in [4.78, 5) is 54.5. The van der Waals surface area contributed by atoms with Gasteiger partial charge in [-0.25, -0.2) is 4.90 Å². The zero-order valence-corrected chi connectivity index (χ0v) is 22.8. The molecule has 0 radical (unpaired) electrons. The van der Waals surface area contributed by atoms with Gasteiger partial charge in [-0.1, -0.05) is 77.6 Å². The zero-order chi connectivity index (χ0) is 27.3. The molecule has 2 heterocycles. The molecule has 1 saturated heterocycles. The van der Waals surface area contributed by atoms with Gasteiger partial charge in [0.05, 0.1) is 42.8 Å². The fraction of sp³-hybridized carbons (Fsp3) is 0.185. The quantitative estimate of drug-likeness (QED) is 0.109. The minimum absolute atomic E-state index is 0.00744. The summed E-state index contributed by atoms with van der Waals surface area (Å²) in [5.74, 6) is -2.84. The summed E-state index contributed by atoms with van der Waals surface area (Å²) in [5.41, 5.74) is 1.60. The highest BCUT2D eigenvalue weighted by molar-refractivity contribution is 6.56. The van der Waals surface area contributed by atoms with E-state index in [1.165, 1.54) is 24.3 Å². The Morgan fingerprint density at radius 2 is 1.53 bits per heavy atom. The Labute approximate surface area is 237 Å². The third-order valence-corrected chi connectivity index (χ3v) is 8.32. The monoisotopic (exact) mass is 590 g/mol. The van der Waals surface area contributed by atoms with Gasteiger partial charge in [-0.05, 0) is 30.2 Å². The van der Waals surface area contributed by atoms with Gasteiger partial charge in [0.2, 0.25) is 5.91 Å². The predicted molar refractivity (Wildman–Crippen MR) is 146 cm³/mol. The molecule has 1 atom stereocenters. The number of fused-ring (bicyclic) bond motifs is 1. The Balaban J connectivity index is 1.37. The Kier molecular flexibility index (Phi) is 7.13. The Morgan fingerprint density at radius 1 is 0.895 bits per heavy atom. The molecular weight excluding hydrogens is 574 g/mol. The van der Waals surface area contributed by atoms with Crippen LogP contribution in [-0.4, -0.2) is 30.2 Å². The second-order valence-corrected chi connectivity index (χ2v) is 10.3. The van der Waals surface area contributed by atoms with Crippen molar-refractivity contribution < 1.29 is 23.9 Å². The second kappa shape index (κ2) is 10.2. The number of imide groups is 1. The van der Waals surface area contributed by atoms with Crippen molar-refractivity contribution in [2.45, 2.75) is 19.8 Å². The van der Waals surface area contributed by atoms with Crippen LogP contribution in [0.2, 0.25) is 20.1 Å². The number of carbonyl (C=O) groups is 4. The fourth-order valence-electron chi connectivity index (χ4n) is 4.64. The van der Waals surface area contributed by atoms with Gasteiger partial charge in [-0.3, -0.25) is 19.2 Å². The first-order chi connectivity index (χ1) is 18.1. The summed E-state index contributed by atoms with van der Waals surface area (Å²) in [6.07, 6.45) is 0.752. The lowest BCUT2D eigenvalue weighted by atomic mass is 10.1. The molecule has 5 rings (SSSR count). The number of ether oxygens (including phenoxy) is 1. The molecule has 0 saturated carbocycles. The number of hydrogen-bond donors (Lipinski definition) is 0. The molecule has 11 heteroatoms. The fourth-order valence-corrected chi connectivity index (χ4v) is 5.65. The maximum Gasteiger partial charge on any atom is 0.316 e. The number of esters is 1. The topological polar surface area (TPSA) is 84.0 Å². The van der Waals surface area contributed by atoms with Crippen LogP contribution >= 0.6 is 46.4 Å². The van der Waals surface area contributed by atoms with Gasteiger partial charge < -0.3 is 9.64 Å². The van der Waals surface area contributed by atoms with Gasteiger partial charge in [-0.15, -0.1) is 0 Å². The molecule has 0 spiro atoms. The number of carbonyl (C=O) groups excluding carboxylic acids is 4. The number of nitrogens with zero attached hydrogens (tertiary/aromatic N) is 2. The first-order valence-electron chi connectivity index (χ1n) is 11.6. The molecule has 38 heavy (non-hydrogen) atoms. The molecule has 0 bridgehead atoms. The van der Waals surface area contributed by atoms with Crippen LogP contribution in [0.25, 0.3) is 0 Å². The number of anilines is 2. The Hall–Kier alpha value is -3.10. The van der Waals surface area contributed by atoms with Crippen molar-refractivity contribution in [2.24, 2.45) is 5.92 Å². The minimum atomic E-state index is -0.745. The predicted octanol–water partition coefficient (Wildman–Crippen LogP) is 6.62. The number of para-hydroxylation sites is 1. The van der Waals surface area contributed by atoms with Gasteiger partial charge in [0.25, 0.3) is 11.8 Å². The summed E-state index contributed by atoms with van der Waals surface area (Å²) >= 11 is 24.6. The normalized spacial score (nSPS) is 16.9. The molecule has 0 unspecified atom stereocenters. The third-order valence-electron chi connectivity index (χ3n) is 6.52. The molecule has 2 aliphatic rings. The number of halogens is 4. The van der Waals surface area contributed by atoms with Crippen molar-refractivity contribution >= 4 is 81.5 Å². The first kappa shape index (κ1) is 26.5. The van der Waals surface area contributed by atoms with E-state index in [1.54, 1.807) is 4.90 Å². The van der Waals surface area contributed by atoms with Crippen LogP contribution in [0.3, 0.4) is 0 Å². The molecule has 7 nitrogen and oxygen atoms in total. The van der Waals surface area contributed by atoms with E-state index in [4.69, 9.17) is 51.1 Å². The van der Waals surface area contributed by atoms with Crippen LogP contribution in [0.1, 0.15) is 39.6 Å². The van der Waals surface area contributed by atoms with E-state index in [1.807, 2.05) is 31.2 Å². The van der Waals surface area contributed by atoms with E-state index < -0.39 is 23.7 Å². The van der Waals surface area contributed by atoms with Crippen molar-refractivity contribution in [2.75, 3.05) is 16.3 Å². The van der Waals surface area contributed by atoms with Crippen molar-refractivity contribution in [3.8, 4) is 5.75 Å². The second-order valence-electron chi connectivity index (χ2n) is 8.76. The summed E-state index contributed by atoms with van der Waals surface area (Å²) in [5, 5.41) is -0.631. The van der Waals surface area contributed by atoms with E-state index in [0.29, 0.717) is 0 Å². The molecular formula is C27H18Cl4N2O5. The van der Waals surface area contributed by atoms with E-state index >= 15 is 0 Å². The van der Waals surface area contributed by atoms with E-state index in [2.05, 4.69) is 0 Å². The van der Waals surface area contributed by atoms with Gasteiger partial charge in [0, 0.05) is 24.7 Å². The minimum Gasteiger partial charge on any atom is -0.426 e. The highest BCUT2D eigenvalue weighted by Crippen LogP contribution is 2.46. The number of rotatable bonds is 5. The van der Waals surface area contributed by atoms with Gasteiger partial charge >= 0.3 is 5.97 Å². The molecule has 0 aliphatic carbocycles. The maximum absolute atomic E-state index is 13.2. The van der Waals surface area contributed by atoms with Gasteiger partial charge in [-0.2, -0.15) is 0 Å². The van der Waals surface area contributed by atoms with Crippen LogP contribution in [-0.2, 0) is 16.0 Å². The summed E-state index contributed by atoms with van der Waals surface area (Å²) in [6, 6.07) is 13.4. The highest BCUT2D eigenvalue weighted by atomic mass is 35.5. The van der Waals surface area contributed by atoms with Crippen LogP contribution in [0.4, 0.5) is 11.4 Å². The molecule has 3 amide bonds. The maximum atomic E-state index is 13.2. The van der Waals surface area contributed by atoms with E-state index in [9.17, 15) is 19.2 Å². The lowest BCUT2D eigenvalue weighted by Gasteiger charge is -2.20. The van der Waals surface area contributed by atoms with Crippen molar-refractivity contribution in [1.82, 2.24) is 0 Å². The highest BCUT2D eigenvalue weighted by Gasteiger charge is 2.43. The smallest absolute Gasteiger partial charge is 0.316 e. The first-order valence-corrected chi connectivity index (χ1v) is 13.1. The lowest BCUT2D eigenvalue weighted by Crippen LogP contribution is -2.29. The largest absolute Gasteiger partial charge is 0.426 e. The van der Waals surface area contributed by atoms with Crippen molar-refractivity contribution in [3.05, 3.63) is 85.3 Å². The molecule has 2 aliphatic heterocycles. The number of hydrogen-bond acceptors (Lipinski definition) is 5. The number of aryl methyl sites for hydroxylation is 1. The van der Waals surface area contributed by atoms with Crippen LogP contribution in [0.15, 0.2) is 48.5 Å². The standard InChI is InChI=1S/C27H18Cl4N2O5/c1-2-13-6-3-4-9-17(13)32-12-14(10-18(32)34)27(37)38-16-8-5-7-15(11-16)33-25(35)19-20(26(33)36)22(29)24(31)23(30)21(19)28/h3-9,11,14H,2,10,12H2,1H3/t14-/m1/s1. The summed E-state index contributed by atoms with van der Waals surface area (Å²) < 4.78 is 5.56. The SMILES string of the molecule is CCc1ccccc1N1C[C@H](C(=O)Oc2cccc(N3C(=O)c4c(Cl)c(Cl)c(Cl)c(Cl)c4C3=O)c2)CC1=O. The molecule has 3 aromatic carbocycles. The summed E-state index contributed by atoms with van der Waals surface area (Å²) in [6.45, 7) is 2.18. The van der Waals surface area contributed by atoms with Crippen LogP contribution < -0.4 is 14.5 Å². The van der Waals surface area contributed by atoms with Gasteiger partial charge in [0.1, 0.15) is 5.75 Å². The number of amides is 3. The van der Waals surface area contributed by atoms with E-state index in [-0.39, 0.29) is 61.5 Å². The average Bonchev–Trinajstić information content (AvgIpc) is 3.42. The molecule has 1 fully saturated rings. The Morgan fingerprint density at radius 3 is 2.16 bits per heavy atom. The summed E-state index contributed by atoms with van der Waals surface area (Å²) in [7, 11) is 0. The number of benzene rings is 3. The van der Waals surface area contributed by atoms with Crippen molar-refractivity contribution in [3.63, 3.8) is 0 Å². The zero-order valence-electron chi connectivity index (χ0n) is 19.8. The third kappa shape index (κ3) is 4.33. The lowest BCUT2D eigenvalue weighted by molar-refractivity contribution is -0.139. The van der Waals surface area contributed by atoms with E-state index in [0.717, 1.165) is 22.6 Å². The Bertz CT molecular complexity index is 1490. The molecule has 194 valence electrons. The molecule has 0 N–H and O–H groups in total. The van der Waals surface area contributed by atoms with Crippen LogP contribution in [0, 0.1) is 5.92 Å². The average molecular weight is 592 g/mol. The van der Waals surface area contributed by atoms with Gasteiger partial charge in [0.15, 0.2) is 0 Å². The van der Waals surface area contributed by atoms with Crippen LogP contribution in [0.5, 0.6) is 5.75 Å².